The van der Waals surface area contributed by atoms with Gasteiger partial charge in [0.2, 0.25) is 0 Å². The minimum Gasteiger partial charge on any atom is -0.379 e. The van der Waals surface area contributed by atoms with E-state index in [9.17, 15) is 14.9 Å². The molecular weight excluding hydrogens is 254 g/mol. The molecule has 0 saturated heterocycles. The van der Waals surface area contributed by atoms with Gasteiger partial charge in [-0.25, -0.2) is 0 Å². The number of aromatic amines is 1. The molecule has 0 spiro atoms. The van der Waals surface area contributed by atoms with E-state index < -0.39 is 4.92 Å². The third-order valence-corrected chi connectivity index (χ3v) is 3.18. The summed E-state index contributed by atoms with van der Waals surface area (Å²) in [6.45, 7) is 2.12. The first kappa shape index (κ1) is 12.3. The third-order valence-electron chi connectivity index (χ3n) is 2.46. The van der Waals surface area contributed by atoms with Gasteiger partial charge in [-0.3, -0.25) is 14.9 Å². The molecule has 94 valence electrons. The van der Waals surface area contributed by atoms with E-state index in [1.54, 1.807) is 24.4 Å². The zero-order chi connectivity index (χ0) is 13.1. The number of nitro groups is 1. The lowest BCUT2D eigenvalue weighted by Crippen LogP contribution is -2.03. The highest BCUT2D eigenvalue weighted by Gasteiger charge is 2.10. The Morgan fingerprint density at radius 3 is 2.89 bits per heavy atom. The lowest BCUT2D eigenvalue weighted by atomic mass is 10.2. The largest absolute Gasteiger partial charge is 0.379 e. The molecule has 1 heterocycles. The predicted octanol–water partition coefficient (Wildman–Crippen LogP) is 2.27. The van der Waals surface area contributed by atoms with Gasteiger partial charge in [0.25, 0.3) is 5.69 Å². The fourth-order valence-corrected chi connectivity index (χ4v) is 2.10. The summed E-state index contributed by atoms with van der Waals surface area (Å²) in [5, 5.41) is 15.5. The summed E-state index contributed by atoms with van der Waals surface area (Å²) in [5.41, 5.74) is 2.11. The van der Waals surface area contributed by atoms with Crippen molar-refractivity contribution in [1.82, 2.24) is 4.98 Å². The van der Waals surface area contributed by atoms with Crippen molar-refractivity contribution in [2.75, 3.05) is 5.32 Å². The van der Waals surface area contributed by atoms with E-state index in [0.717, 1.165) is 17.0 Å². The van der Waals surface area contributed by atoms with E-state index in [-0.39, 0.29) is 10.6 Å². The summed E-state index contributed by atoms with van der Waals surface area (Å²) in [5.74, 6) is 0. The van der Waals surface area contributed by atoms with Crippen LogP contribution in [0.4, 0.5) is 11.4 Å². The Bertz CT molecular complexity index is 632. The third kappa shape index (κ3) is 2.75. The maximum atomic E-state index is 10.9. The second-order valence-electron chi connectivity index (χ2n) is 3.79. The molecular formula is C11H11N3O3S. The standard InChI is InChI=1S/C11H11N3O3S/c1-7-2-3-8(4-10(7)14(16)17)12-5-9-6-18-11(15)13-9/h2-4,6,12H,5H2,1H3,(H,13,15). The molecule has 1 aromatic carbocycles. The molecule has 0 atom stereocenters. The molecule has 6 nitrogen and oxygen atoms in total. The number of aryl methyl sites for hydroxylation is 1. The van der Waals surface area contributed by atoms with Gasteiger partial charge in [0.05, 0.1) is 11.5 Å². The molecule has 7 heteroatoms. The van der Waals surface area contributed by atoms with Gasteiger partial charge >= 0.3 is 4.87 Å². The van der Waals surface area contributed by atoms with Crippen LogP contribution in [-0.4, -0.2) is 9.91 Å². The predicted molar refractivity (Wildman–Crippen MR) is 70.1 cm³/mol. The van der Waals surface area contributed by atoms with Crippen LogP contribution in [-0.2, 0) is 6.54 Å². The number of H-pyrrole nitrogens is 1. The average molecular weight is 265 g/mol. The van der Waals surface area contributed by atoms with Crippen LogP contribution in [0.25, 0.3) is 0 Å². The average Bonchev–Trinajstić information content (AvgIpc) is 2.74. The minimum atomic E-state index is -0.410. The Morgan fingerprint density at radius 1 is 1.50 bits per heavy atom. The summed E-state index contributed by atoms with van der Waals surface area (Å²) in [7, 11) is 0. The molecule has 2 N–H and O–H groups in total. The summed E-state index contributed by atoms with van der Waals surface area (Å²) < 4.78 is 0. The number of hydrogen-bond acceptors (Lipinski definition) is 5. The lowest BCUT2D eigenvalue weighted by molar-refractivity contribution is -0.385. The van der Waals surface area contributed by atoms with Gasteiger partial charge in [-0.05, 0) is 13.0 Å². The lowest BCUT2D eigenvalue weighted by Gasteiger charge is -2.05. The number of nitrogens with one attached hydrogen (secondary N) is 2. The van der Waals surface area contributed by atoms with E-state index in [1.165, 1.54) is 6.07 Å². The van der Waals surface area contributed by atoms with Crippen LogP contribution in [0, 0.1) is 17.0 Å². The highest BCUT2D eigenvalue weighted by Crippen LogP contribution is 2.22. The van der Waals surface area contributed by atoms with Crippen molar-refractivity contribution < 1.29 is 4.92 Å². The number of benzene rings is 1. The van der Waals surface area contributed by atoms with E-state index in [2.05, 4.69) is 10.3 Å². The van der Waals surface area contributed by atoms with Crippen molar-refractivity contribution in [2.45, 2.75) is 13.5 Å². The highest BCUT2D eigenvalue weighted by atomic mass is 32.1. The molecule has 0 aliphatic carbocycles. The van der Waals surface area contributed by atoms with Crippen molar-refractivity contribution in [2.24, 2.45) is 0 Å². The van der Waals surface area contributed by atoms with Crippen LogP contribution in [0.2, 0.25) is 0 Å². The fraction of sp³-hybridized carbons (Fsp3) is 0.182. The number of hydrogen-bond donors (Lipinski definition) is 2. The zero-order valence-electron chi connectivity index (χ0n) is 9.60. The molecule has 0 aliphatic rings. The van der Waals surface area contributed by atoms with E-state index in [4.69, 9.17) is 0 Å². The first-order valence-electron chi connectivity index (χ1n) is 5.22. The Morgan fingerprint density at radius 2 is 2.28 bits per heavy atom. The van der Waals surface area contributed by atoms with Crippen LogP contribution in [0.1, 0.15) is 11.3 Å². The van der Waals surface area contributed by atoms with Crippen LogP contribution in [0.15, 0.2) is 28.4 Å². The molecule has 2 aromatic rings. The van der Waals surface area contributed by atoms with Crippen molar-refractivity contribution >= 4 is 22.7 Å². The molecule has 0 amide bonds. The molecule has 0 fully saturated rings. The first-order valence-corrected chi connectivity index (χ1v) is 6.10. The summed E-state index contributed by atoms with van der Waals surface area (Å²) in [6.07, 6.45) is 0. The topological polar surface area (TPSA) is 88.0 Å². The molecule has 1 aromatic heterocycles. The number of rotatable bonds is 4. The number of nitrogens with zero attached hydrogens (tertiary/aromatic N) is 1. The number of anilines is 1. The van der Waals surface area contributed by atoms with Gasteiger partial charge in [-0.1, -0.05) is 17.4 Å². The number of nitro benzene ring substituents is 1. The Kier molecular flexibility index (Phi) is 3.42. The second-order valence-corrected chi connectivity index (χ2v) is 4.63. The highest BCUT2D eigenvalue weighted by molar-refractivity contribution is 7.07. The summed E-state index contributed by atoms with van der Waals surface area (Å²) in [6, 6.07) is 4.95. The van der Waals surface area contributed by atoms with Crippen molar-refractivity contribution in [1.29, 1.82) is 0 Å². The van der Waals surface area contributed by atoms with Gasteiger partial charge < -0.3 is 10.3 Å². The quantitative estimate of drug-likeness (QED) is 0.655. The molecule has 0 unspecified atom stereocenters. The normalized spacial score (nSPS) is 10.3. The fourth-order valence-electron chi connectivity index (χ4n) is 1.51. The van der Waals surface area contributed by atoms with Crippen molar-refractivity contribution in [3.8, 4) is 0 Å². The molecule has 0 aliphatic heterocycles. The molecule has 0 radical (unpaired) electrons. The number of aromatic nitrogens is 1. The second kappa shape index (κ2) is 5.01. The first-order chi connectivity index (χ1) is 8.56. The summed E-state index contributed by atoms with van der Waals surface area (Å²) in [4.78, 5) is 23.9. The molecule has 0 saturated carbocycles. The van der Waals surface area contributed by atoms with Crippen LogP contribution >= 0.6 is 11.3 Å². The maximum absolute atomic E-state index is 10.9. The van der Waals surface area contributed by atoms with Crippen LogP contribution in [0.3, 0.4) is 0 Å². The monoisotopic (exact) mass is 265 g/mol. The SMILES string of the molecule is Cc1ccc(NCc2csc(=O)[nH]2)cc1[N+](=O)[O-]. The minimum absolute atomic E-state index is 0.0822. The summed E-state index contributed by atoms with van der Waals surface area (Å²) >= 11 is 1.09. The molecule has 2 rings (SSSR count). The Hall–Kier alpha value is -2.15. The van der Waals surface area contributed by atoms with Crippen LogP contribution < -0.4 is 10.2 Å². The van der Waals surface area contributed by atoms with Gasteiger partial charge in [0.1, 0.15) is 0 Å². The van der Waals surface area contributed by atoms with Gasteiger partial charge in [0, 0.05) is 28.4 Å². The smallest absolute Gasteiger partial charge is 0.304 e. The van der Waals surface area contributed by atoms with E-state index >= 15 is 0 Å². The van der Waals surface area contributed by atoms with Crippen molar-refractivity contribution in [3.05, 3.63) is 54.6 Å². The zero-order valence-corrected chi connectivity index (χ0v) is 10.4. The van der Waals surface area contributed by atoms with E-state index in [1.807, 2.05) is 0 Å². The van der Waals surface area contributed by atoms with Gasteiger partial charge in [-0.2, -0.15) is 0 Å². The van der Waals surface area contributed by atoms with Gasteiger partial charge in [-0.15, -0.1) is 0 Å². The number of thiazole rings is 1. The maximum Gasteiger partial charge on any atom is 0.304 e. The molecule has 18 heavy (non-hydrogen) atoms. The van der Waals surface area contributed by atoms with E-state index in [0.29, 0.717) is 17.8 Å². The van der Waals surface area contributed by atoms with Crippen molar-refractivity contribution in [3.63, 3.8) is 0 Å². The van der Waals surface area contributed by atoms with Gasteiger partial charge in [0.15, 0.2) is 0 Å². The molecule has 0 bridgehead atoms. The Labute approximate surface area is 106 Å². The van der Waals surface area contributed by atoms with Crippen LogP contribution in [0.5, 0.6) is 0 Å². The Balaban J connectivity index is 2.12.